The molecule has 0 aliphatic rings. The fraction of sp³-hybridized carbons (Fsp3) is 0.500. The number of nitrogens with zero attached hydrogens (tertiary/aromatic N) is 1. The van der Waals surface area contributed by atoms with Gasteiger partial charge in [0.25, 0.3) is 0 Å². The molecule has 2 N–H and O–H groups in total. The third-order valence-electron chi connectivity index (χ3n) is 2.53. The molecule has 0 spiro atoms. The van der Waals surface area contributed by atoms with Crippen molar-refractivity contribution in [3.63, 3.8) is 0 Å². The zero-order valence-corrected chi connectivity index (χ0v) is 12.0. The van der Waals surface area contributed by atoms with Crippen LogP contribution in [0.4, 0.5) is 0 Å². The van der Waals surface area contributed by atoms with Crippen LogP contribution in [0, 0.1) is 17.3 Å². The third kappa shape index (κ3) is 5.35. The molecule has 0 aliphatic heterocycles. The average molecular weight is 244 g/mol. The molecule has 0 atom stereocenters. The largest absolute Gasteiger partial charge is 0.320 e. The standard InChI is InChI=1S/C16H24N2/c1-16(2,3)13-18(4)12-15-9-6-5-8-14(15)10-7-11-17/h5-6,8-9H,11-13,17H2,1-4H3. The summed E-state index contributed by atoms with van der Waals surface area (Å²) in [6.45, 7) is 9.15. The summed E-state index contributed by atoms with van der Waals surface area (Å²) in [6, 6.07) is 8.28. The first kappa shape index (κ1) is 14.8. The summed E-state index contributed by atoms with van der Waals surface area (Å²) in [5.41, 5.74) is 8.09. The maximum Gasteiger partial charge on any atom is 0.0555 e. The van der Waals surface area contributed by atoms with Gasteiger partial charge in [-0.15, -0.1) is 0 Å². The molecule has 1 rings (SSSR count). The molecule has 0 amide bonds. The molecule has 2 heteroatoms. The van der Waals surface area contributed by atoms with Gasteiger partial charge in [-0.2, -0.15) is 0 Å². The summed E-state index contributed by atoms with van der Waals surface area (Å²) in [5.74, 6) is 6.07. The highest BCUT2D eigenvalue weighted by Crippen LogP contribution is 2.17. The lowest BCUT2D eigenvalue weighted by molar-refractivity contribution is 0.220. The summed E-state index contributed by atoms with van der Waals surface area (Å²) >= 11 is 0. The van der Waals surface area contributed by atoms with Gasteiger partial charge in [0.05, 0.1) is 6.54 Å². The summed E-state index contributed by atoms with van der Waals surface area (Å²) in [5, 5.41) is 0. The van der Waals surface area contributed by atoms with Crippen molar-refractivity contribution in [3.8, 4) is 11.8 Å². The third-order valence-corrected chi connectivity index (χ3v) is 2.53. The molecule has 0 saturated carbocycles. The quantitative estimate of drug-likeness (QED) is 0.828. The maximum atomic E-state index is 5.43. The van der Waals surface area contributed by atoms with Crippen LogP contribution in [-0.2, 0) is 6.54 Å². The second-order valence-corrected chi connectivity index (χ2v) is 5.90. The second-order valence-electron chi connectivity index (χ2n) is 5.90. The molecular formula is C16H24N2. The van der Waals surface area contributed by atoms with E-state index in [1.807, 2.05) is 6.07 Å². The highest BCUT2D eigenvalue weighted by atomic mass is 15.1. The lowest BCUT2D eigenvalue weighted by Gasteiger charge is -2.26. The van der Waals surface area contributed by atoms with Gasteiger partial charge < -0.3 is 10.6 Å². The van der Waals surface area contributed by atoms with Crippen molar-refractivity contribution in [1.29, 1.82) is 0 Å². The first-order chi connectivity index (χ1) is 8.42. The Morgan fingerprint density at radius 3 is 2.50 bits per heavy atom. The van der Waals surface area contributed by atoms with Crippen molar-refractivity contribution >= 4 is 0 Å². The van der Waals surface area contributed by atoms with Crippen LogP contribution in [0.5, 0.6) is 0 Å². The molecule has 18 heavy (non-hydrogen) atoms. The van der Waals surface area contributed by atoms with Crippen LogP contribution in [0.15, 0.2) is 24.3 Å². The van der Waals surface area contributed by atoms with E-state index in [1.54, 1.807) is 0 Å². The van der Waals surface area contributed by atoms with Gasteiger partial charge in [0, 0.05) is 18.7 Å². The number of hydrogen-bond donors (Lipinski definition) is 1. The molecule has 0 radical (unpaired) electrons. The van der Waals surface area contributed by atoms with Gasteiger partial charge in [0.2, 0.25) is 0 Å². The molecule has 0 fully saturated rings. The van der Waals surface area contributed by atoms with E-state index in [4.69, 9.17) is 5.73 Å². The van der Waals surface area contributed by atoms with E-state index in [-0.39, 0.29) is 0 Å². The minimum Gasteiger partial charge on any atom is -0.320 e. The Kier molecular flexibility index (Phi) is 5.40. The van der Waals surface area contributed by atoms with E-state index in [0.717, 1.165) is 18.7 Å². The van der Waals surface area contributed by atoms with Crippen molar-refractivity contribution in [3.05, 3.63) is 35.4 Å². The topological polar surface area (TPSA) is 29.3 Å². The van der Waals surface area contributed by atoms with Gasteiger partial charge in [-0.3, -0.25) is 0 Å². The Bertz CT molecular complexity index is 432. The molecule has 0 aromatic heterocycles. The smallest absolute Gasteiger partial charge is 0.0555 e. The lowest BCUT2D eigenvalue weighted by Crippen LogP contribution is -2.29. The highest BCUT2D eigenvalue weighted by Gasteiger charge is 2.14. The molecule has 0 saturated heterocycles. The van der Waals surface area contributed by atoms with E-state index in [0.29, 0.717) is 12.0 Å². The van der Waals surface area contributed by atoms with Crippen LogP contribution in [0.25, 0.3) is 0 Å². The predicted molar refractivity (Wildman–Crippen MR) is 78.2 cm³/mol. The molecule has 0 aliphatic carbocycles. The van der Waals surface area contributed by atoms with E-state index in [2.05, 4.69) is 62.8 Å². The minimum atomic E-state index is 0.312. The van der Waals surface area contributed by atoms with Gasteiger partial charge in [0.1, 0.15) is 0 Å². The number of hydrogen-bond acceptors (Lipinski definition) is 2. The lowest BCUT2D eigenvalue weighted by atomic mass is 9.96. The molecule has 1 aromatic rings. The average Bonchev–Trinajstić information content (AvgIpc) is 2.25. The summed E-state index contributed by atoms with van der Waals surface area (Å²) in [6.07, 6.45) is 0. The molecule has 0 bridgehead atoms. The fourth-order valence-corrected chi connectivity index (χ4v) is 2.08. The maximum absolute atomic E-state index is 5.43. The van der Waals surface area contributed by atoms with E-state index in [1.165, 1.54) is 5.56 Å². The van der Waals surface area contributed by atoms with Crippen LogP contribution in [-0.4, -0.2) is 25.0 Å². The molecule has 1 aromatic carbocycles. The van der Waals surface area contributed by atoms with Gasteiger partial charge in [-0.25, -0.2) is 0 Å². The number of nitrogens with two attached hydrogens (primary N) is 1. The Morgan fingerprint density at radius 1 is 1.22 bits per heavy atom. The number of benzene rings is 1. The summed E-state index contributed by atoms with van der Waals surface area (Å²) in [4.78, 5) is 2.34. The predicted octanol–water partition coefficient (Wildman–Crippen LogP) is 2.47. The Morgan fingerprint density at radius 2 is 1.89 bits per heavy atom. The zero-order valence-electron chi connectivity index (χ0n) is 12.0. The van der Waals surface area contributed by atoms with Gasteiger partial charge in [0.15, 0.2) is 0 Å². The normalized spacial score (nSPS) is 11.2. The SMILES string of the molecule is CN(Cc1ccccc1C#CCN)CC(C)(C)C. The van der Waals surface area contributed by atoms with Crippen molar-refractivity contribution < 1.29 is 0 Å². The zero-order chi connectivity index (χ0) is 13.6. The van der Waals surface area contributed by atoms with Crippen molar-refractivity contribution in [2.24, 2.45) is 11.1 Å². The van der Waals surface area contributed by atoms with Crippen LogP contribution in [0.3, 0.4) is 0 Å². The Balaban J connectivity index is 2.78. The van der Waals surface area contributed by atoms with Crippen LogP contribution in [0.1, 0.15) is 31.9 Å². The van der Waals surface area contributed by atoms with Gasteiger partial charge in [-0.05, 0) is 24.1 Å². The fourth-order valence-electron chi connectivity index (χ4n) is 2.08. The van der Waals surface area contributed by atoms with Gasteiger partial charge >= 0.3 is 0 Å². The van der Waals surface area contributed by atoms with E-state index < -0.39 is 0 Å². The van der Waals surface area contributed by atoms with Crippen molar-refractivity contribution in [1.82, 2.24) is 4.90 Å². The Labute approximate surface area is 111 Å². The van der Waals surface area contributed by atoms with Crippen molar-refractivity contribution in [2.75, 3.05) is 20.1 Å². The summed E-state index contributed by atoms with van der Waals surface area (Å²) < 4.78 is 0. The first-order valence-electron chi connectivity index (χ1n) is 6.38. The van der Waals surface area contributed by atoms with Crippen LogP contribution >= 0.6 is 0 Å². The van der Waals surface area contributed by atoms with E-state index in [9.17, 15) is 0 Å². The van der Waals surface area contributed by atoms with E-state index >= 15 is 0 Å². The highest BCUT2D eigenvalue weighted by molar-refractivity contribution is 5.41. The van der Waals surface area contributed by atoms with Gasteiger partial charge in [-0.1, -0.05) is 50.8 Å². The molecular weight excluding hydrogens is 220 g/mol. The molecule has 0 unspecified atom stereocenters. The van der Waals surface area contributed by atoms with Crippen LogP contribution in [0.2, 0.25) is 0 Å². The molecule has 0 heterocycles. The second kappa shape index (κ2) is 6.58. The first-order valence-corrected chi connectivity index (χ1v) is 6.38. The van der Waals surface area contributed by atoms with Crippen LogP contribution < -0.4 is 5.73 Å². The monoisotopic (exact) mass is 244 g/mol. The number of rotatable bonds is 3. The Hall–Kier alpha value is -1.30. The molecule has 2 nitrogen and oxygen atoms in total. The minimum absolute atomic E-state index is 0.312. The summed E-state index contributed by atoms with van der Waals surface area (Å²) in [7, 11) is 2.15. The molecule has 98 valence electrons. The van der Waals surface area contributed by atoms with Crippen molar-refractivity contribution in [2.45, 2.75) is 27.3 Å².